The molecule has 0 aliphatic rings. The van der Waals surface area contributed by atoms with Crippen molar-refractivity contribution in [1.82, 2.24) is 9.55 Å². The number of carbonyl (C=O) groups excluding carboxylic acids is 1. The van der Waals surface area contributed by atoms with Crippen molar-refractivity contribution in [3.8, 4) is 0 Å². The van der Waals surface area contributed by atoms with Gasteiger partial charge in [0.05, 0.1) is 11.0 Å². The number of carbonyl (C=O) groups is 1. The topological polar surface area (TPSA) is 34.9 Å². The van der Waals surface area contributed by atoms with Crippen molar-refractivity contribution < 1.29 is 4.79 Å². The van der Waals surface area contributed by atoms with E-state index >= 15 is 0 Å². The van der Waals surface area contributed by atoms with Crippen molar-refractivity contribution in [3.05, 3.63) is 28.5 Å². The maximum atomic E-state index is 11.1. The van der Waals surface area contributed by atoms with Gasteiger partial charge in [-0.1, -0.05) is 0 Å². The van der Waals surface area contributed by atoms with Gasteiger partial charge in [0.25, 0.3) is 0 Å². The van der Waals surface area contributed by atoms with E-state index in [0.717, 1.165) is 21.2 Å². The number of ketones is 1. The molecule has 0 saturated heterocycles. The van der Waals surface area contributed by atoms with Crippen molar-refractivity contribution in [2.75, 3.05) is 0 Å². The Morgan fingerprint density at radius 2 is 2.27 bits per heavy atom. The van der Waals surface area contributed by atoms with E-state index in [1.54, 1.807) is 13.1 Å². The van der Waals surface area contributed by atoms with Gasteiger partial charge in [0.15, 0.2) is 0 Å². The average Bonchev–Trinajstić information content (AvgIpc) is 2.44. The molecule has 0 radical (unpaired) electrons. The van der Waals surface area contributed by atoms with Crippen LogP contribution in [-0.2, 0) is 18.3 Å². The molecule has 0 aliphatic heterocycles. The monoisotopic (exact) mass is 266 g/mol. The first kappa shape index (κ1) is 10.4. The molecule has 0 bridgehead atoms. The lowest BCUT2D eigenvalue weighted by Crippen LogP contribution is -2.02. The van der Waals surface area contributed by atoms with Crippen LogP contribution >= 0.6 is 15.9 Å². The second-order valence-electron chi connectivity index (χ2n) is 3.63. The summed E-state index contributed by atoms with van der Waals surface area (Å²) in [5.41, 5.74) is 2.97. The van der Waals surface area contributed by atoms with Gasteiger partial charge in [-0.15, -0.1) is 0 Å². The fraction of sp³-hybridized carbons (Fsp3) is 0.273. The number of Topliss-reactive ketones (excluding diaryl/α,β-unsaturated/α-hetero) is 1. The number of rotatable bonds is 2. The van der Waals surface area contributed by atoms with Crippen LogP contribution < -0.4 is 0 Å². The highest BCUT2D eigenvalue weighted by atomic mass is 79.9. The molecule has 0 N–H and O–H groups in total. The molecule has 4 heteroatoms. The lowest BCUT2D eigenvalue weighted by Gasteiger charge is -2.01. The van der Waals surface area contributed by atoms with Gasteiger partial charge in [0.2, 0.25) is 0 Å². The van der Waals surface area contributed by atoms with Crippen LogP contribution in [0.25, 0.3) is 11.0 Å². The fourth-order valence-electron chi connectivity index (χ4n) is 1.65. The van der Waals surface area contributed by atoms with Gasteiger partial charge >= 0.3 is 0 Å². The minimum absolute atomic E-state index is 0.167. The molecule has 0 unspecified atom stereocenters. The lowest BCUT2D eigenvalue weighted by molar-refractivity contribution is -0.116. The number of pyridine rings is 1. The molecule has 0 amide bonds. The van der Waals surface area contributed by atoms with Gasteiger partial charge in [-0.3, -0.25) is 9.78 Å². The quantitative estimate of drug-likeness (QED) is 0.837. The molecule has 0 aliphatic carbocycles. The van der Waals surface area contributed by atoms with Crippen LogP contribution in [0.3, 0.4) is 0 Å². The first-order chi connectivity index (χ1) is 7.08. The average molecular weight is 267 g/mol. The molecule has 0 atom stereocenters. The predicted octanol–water partition coefficient (Wildman–Crippen LogP) is 2.47. The van der Waals surface area contributed by atoms with Crippen LogP contribution in [0.2, 0.25) is 0 Å². The van der Waals surface area contributed by atoms with Gasteiger partial charge in [-0.05, 0) is 35.0 Å². The van der Waals surface area contributed by atoms with Gasteiger partial charge < -0.3 is 4.57 Å². The van der Waals surface area contributed by atoms with Crippen molar-refractivity contribution in [2.24, 2.45) is 7.05 Å². The first-order valence-electron chi connectivity index (χ1n) is 4.67. The molecule has 3 nitrogen and oxygen atoms in total. The smallest absolute Gasteiger partial charge is 0.135 e. The van der Waals surface area contributed by atoms with E-state index in [-0.39, 0.29) is 5.78 Å². The van der Waals surface area contributed by atoms with Gasteiger partial charge in [-0.25, -0.2) is 0 Å². The number of halogens is 1. The summed E-state index contributed by atoms with van der Waals surface area (Å²) in [4.78, 5) is 15.4. The number of fused-ring (bicyclic) bond motifs is 1. The van der Waals surface area contributed by atoms with Gasteiger partial charge in [0, 0.05) is 29.8 Å². The summed E-state index contributed by atoms with van der Waals surface area (Å²) >= 11 is 3.38. The predicted molar refractivity (Wildman–Crippen MR) is 62.8 cm³/mol. The molecule has 0 fully saturated rings. The second-order valence-corrected chi connectivity index (χ2v) is 4.55. The molecule has 0 saturated carbocycles. The Hall–Kier alpha value is -1.16. The van der Waals surface area contributed by atoms with Gasteiger partial charge in [0.1, 0.15) is 5.78 Å². The third-order valence-electron chi connectivity index (χ3n) is 2.39. The third kappa shape index (κ3) is 1.95. The molecule has 15 heavy (non-hydrogen) atoms. The summed E-state index contributed by atoms with van der Waals surface area (Å²) in [5.74, 6) is 0.167. The van der Waals surface area contributed by atoms with E-state index in [0.29, 0.717) is 6.42 Å². The number of hydrogen-bond acceptors (Lipinski definition) is 2. The first-order valence-corrected chi connectivity index (χ1v) is 5.46. The molecular formula is C11H11BrN2O. The zero-order valence-corrected chi connectivity index (χ0v) is 10.2. The molecule has 2 aromatic heterocycles. The van der Waals surface area contributed by atoms with Crippen molar-refractivity contribution in [3.63, 3.8) is 0 Å². The maximum absolute atomic E-state index is 11.1. The molecule has 78 valence electrons. The summed E-state index contributed by atoms with van der Waals surface area (Å²) in [6.07, 6.45) is 2.23. The van der Waals surface area contributed by atoms with E-state index in [2.05, 4.69) is 20.9 Å². The van der Waals surface area contributed by atoms with E-state index in [9.17, 15) is 4.79 Å². The SMILES string of the molecule is CC(=O)Cc1cc2ncc(Br)cc2n1C. The van der Waals surface area contributed by atoms with Gasteiger partial charge in [-0.2, -0.15) is 0 Å². The Morgan fingerprint density at radius 3 is 2.93 bits per heavy atom. The number of nitrogens with zero attached hydrogens (tertiary/aromatic N) is 2. The summed E-state index contributed by atoms with van der Waals surface area (Å²) in [5, 5.41) is 0. The molecule has 2 aromatic rings. The fourth-order valence-corrected chi connectivity index (χ4v) is 1.97. The summed E-state index contributed by atoms with van der Waals surface area (Å²) in [6.45, 7) is 1.60. The van der Waals surface area contributed by atoms with E-state index < -0.39 is 0 Å². The largest absolute Gasteiger partial charge is 0.346 e. The highest BCUT2D eigenvalue weighted by Crippen LogP contribution is 2.20. The zero-order chi connectivity index (χ0) is 11.0. The van der Waals surface area contributed by atoms with Crippen LogP contribution in [0.4, 0.5) is 0 Å². The van der Waals surface area contributed by atoms with Crippen LogP contribution in [0.5, 0.6) is 0 Å². The number of aromatic nitrogens is 2. The molecule has 0 aromatic carbocycles. The van der Waals surface area contributed by atoms with E-state index in [1.807, 2.05) is 23.7 Å². The summed E-state index contributed by atoms with van der Waals surface area (Å²) in [6, 6.07) is 3.97. The highest BCUT2D eigenvalue weighted by Gasteiger charge is 2.08. The van der Waals surface area contributed by atoms with Crippen molar-refractivity contribution in [1.29, 1.82) is 0 Å². The van der Waals surface area contributed by atoms with E-state index in [1.165, 1.54) is 0 Å². The Morgan fingerprint density at radius 1 is 1.53 bits per heavy atom. The minimum atomic E-state index is 0.167. The minimum Gasteiger partial charge on any atom is -0.346 e. The van der Waals surface area contributed by atoms with Crippen LogP contribution in [0.1, 0.15) is 12.6 Å². The molecular weight excluding hydrogens is 256 g/mol. The van der Waals surface area contributed by atoms with E-state index in [4.69, 9.17) is 0 Å². The number of hydrogen-bond donors (Lipinski definition) is 0. The maximum Gasteiger partial charge on any atom is 0.135 e. The third-order valence-corrected chi connectivity index (χ3v) is 2.82. The van der Waals surface area contributed by atoms with Crippen LogP contribution in [0, 0.1) is 0 Å². The lowest BCUT2D eigenvalue weighted by atomic mass is 10.2. The molecule has 2 heterocycles. The summed E-state index contributed by atoms with van der Waals surface area (Å²) < 4.78 is 2.96. The Bertz CT molecular complexity index is 531. The number of aryl methyl sites for hydroxylation is 1. The summed E-state index contributed by atoms with van der Waals surface area (Å²) in [7, 11) is 1.95. The second kappa shape index (κ2) is 3.77. The van der Waals surface area contributed by atoms with Crippen molar-refractivity contribution >= 4 is 32.7 Å². The molecule has 2 rings (SSSR count). The Kier molecular flexibility index (Phi) is 2.61. The highest BCUT2D eigenvalue weighted by molar-refractivity contribution is 9.10. The Labute approximate surface area is 96.2 Å². The van der Waals surface area contributed by atoms with Crippen LogP contribution in [0.15, 0.2) is 22.8 Å². The Balaban J connectivity index is 2.59. The van der Waals surface area contributed by atoms with Crippen LogP contribution in [-0.4, -0.2) is 15.3 Å². The normalized spacial score (nSPS) is 10.9. The standard InChI is InChI=1S/C11H11BrN2O/c1-7(15)3-9-5-10-11(14(9)2)4-8(12)6-13-10/h4-6H,3H2,1-2H3. The zero-order valence-electron chi connectivity index (χ0n) is 8.62. The van der Waals surface area contributed by atoms with Crippen molar-refractivity contribution in [2.45, 2.75) is 13.3 Å². The molecule has 0 spiro atoms.